The maximum Gasteiger partial charge on any atom is 0.265 e. The Morgan fingerprint density at radius 1 is 0.836 bits per heavy atom. The highest BCUT2D eigenvalue weighted by atomic mass is 16.7. The Labute approximate surface area is 346 Å². The average molecular weight is 856 g/mol. The van der Waals surface area contributed by atoms with Gasteiger partial charge in [-0.2, -0.15) is 0 Å². The van der Waals surface area contributed by atoms with Crippen LogP contribution in [0.25, 0.3) is 11.1 Å². The first-order valence-electron chi connectivity index (χ1n) is 19.0. The molecule has 2 saturated heterocycles. The number of hydrogen-bond donors (Lipinski definition) is 12. The van der Waals surface area contributed by atoms with E-state index in [1.165, 1.54) is 45.6 Å². The van der Waals surface area contributed by atoms with Crippen LogP contribution in [0.2, 0.25) is 0 Å². The molecule has 2 fully saturated rings. The van der Waals surface area contributed by atoms with Crippen LogP contribution in [0.15, 0.2) is 24.3 Å². The van der Waals surface area contributed by atoms with E-state index in [4.69, 9.17) is 28.9 Å². The van der Waals surface area contributed by atoms with Gasteiger partial charge in [-0.1, -0.05) is 6.07 Å². The lowest BCUT2D eigenvalue weighted by Gasteiger charge is -2.47. The van der Waals surface area contributed by atoms with Gasteiger partial charge in [0.05, 0.1) is 42.6 Å². The van der Waals surface area contributed by atoms with Gasteiger partial charge in [0.2, 0.25) is 0 Å². The molecule has 21 nitrogen and oxygen atoms in total. The molecule has 0 saturated carbocycles. The number of hydrogen-bond acceptors (Lipinski definition) is 19. The zero-order chi connectivity index (χ0) is 44.5. The molecule has 0 spiro atoms. The van der Waals surface area contributed by atoms with Crippen LogP contribution in [0.4, 0.5) is 0 Å². The van der Waals surface area contributed by atoms with Gasteiger partial charge in [0.1, 0.15) is 71.8 Å². The van der Waals surface area contributed by atoms with Crippen molar-refractivity contribution < 1.29 is 88.9 Å². The van der Waals surface area contributed by atoms with Crippen LogP contribution >= 0.6 is 0 Å². The van der Waals surface area contributed by atoms with Crippen molar-refractivity contribution in [1.29, 1.82) is 0 Å². The summed E-state index contributed by atoms with van der Waals surface area (Å²) in [5.41, 5.74) is -1.94. The molecule has 12 N–H and O–H groups in total. The smallest absolute Gasteiger partial charge is 0.265 e. The predicted molar refractivity (Wildman–Crippen MR) is 203 cm³/mol. The van der Waals surface area contributed by atoms with Gasteiger partial charge in [-0.3, -0.25) is 24.4 Å². The number of benzene rings is 3. The van der Waals surface area contributed by atoms with E-state index in [-0.39, 0.29) is 33.6 Å². The van der Waals surface area contributed by atoms with Gasteiger partial charge in [-0.05, 0) is 56.6 Å². The van der Waals surface area contributed by atoms with Crippen LogP contribution in [0, 0.1) is 6.92 Å². The van der Waals surface area contributed by atoms with E-state index in [1.807, 2.05) is 0 Å². The Morgan fingerprint density at radius 2 is 1.49 bits per heavy atom. The van der Waals surface area contributed by atoms with Crippen molar-refractivity contribution in [1.82, 2.24) is 16.1 Å². The zero-order valence-corrected chi connectivity index (χ0v) is 33.1. The zero-order valence-electron chi connectivity index (χ0n) is 33.1. The molecular formula is C40H45N3O18. The average Bonchev–Trinajstić information content (AvgIpc) is 3.22. The summed E-state index contributed by atoms with van der Waals surface area (Å²) in [6.07, 6.45) is -15.6. The number of phenols is 3. The summed E-state index contributed by atoms with van der Waals surface area (Å²) in [7, 11) is 2.80. The minimum Gasteiger partial charge on any atom is -0.507 e. The van der Waals surface area contributed by atoms with Gasteiger partial charge in [-0.15, -0.1) is 0 Å². The fourth-order valence-electron chi connectivity index (χ4n) is 8.40. The van der Waals surface area contributed by atoms with E-state index < -0.39 is 149 Å². The maximum atomic E-state index is 14.1. The molecule has 3 aromatic rings. The first kappa shape index (κ1) is 43.8. The minimum atomic E-state index is -1.90. The fraction of sp³-hybridized carbons (Fsp3) is 0.450. The number of nitrogens with one attached hydrogen (secondary N) is 3. The van der Waals surface area contributed by atoms with Crippen molar-refractivity contribution in [2.45, 2.75) is 94.3 Å². The third-order valence-electron chi connectivity index (χ3n) is 11.6. The summed E-state index contributed by atoms with van der Waals surface area (Å²) in [6.45, 7) is 3.82. The van der Waals surface area contributed by atoms with Crippen molar-refractivity contribution in [3.8, 4) is 34.1 Å². The second-order valence-corrected chi connectivity index (χ2v) is 15.3. The van der Waals surface area contributed by atoms with E-state index in [0.717, 1.165) is 12.1 Å². The number of phenolic OH excluding ortho intramolecular Hbond substituents is 3. The topological polar surface area (TPSA) is 333 Å². The first-order chi connectivity index (χ1) is 28.9. The molecule has 0 aromatic heterocycles. The van der Waals surface area contributed by atoms with Gasteiger partial charge in [0.25, 0.3) is 11.8 Å². The molecule has 21 heteroatoms. The minimum absolute atomic E-state index is 0.0147. The monoisotopic (exact) mass is 855 g/mol. The summed E-state index contributed by atoms with van der Waals surface area (Å²) >= 11 is 0. The molecule has 61 heavy (non-hydrogen) atoms. The first-order valence-corrected chi connectivity index (χ1v) is 19.0. The Morgan fingerprint density at radius 3 is 2.15 bits per heavy atom. The standard InChI is InChI=1S/C40H45N3O18/c1-11-6-18-24(31(50)21(11)38(55)42-12(2)37(54)43-56)23-16(9-17-25(32(23)51)28(47)15-7-14(57-5)8-19(44)22(15)27(17)46)29(48)35(18)60-40-34(53)36(26(41-4)13(3)59-40)61-39-33(52)30(49)20(45)10-58-39/h6-9,12-13,20,26,29-30,33-36,39-41,44-45,48-53,56H,10H2,1-5H3,(H,42,55)(H,43,54)/t12?,13-,20-,26+,29+,30+,33-,34+,35+,36+,39+,40+/m1/s1. The number of aliphatic hydroxyl groups is 5. The summed E-state index contributed by atoms with van der Waals surface area (Å²) < 4.78 is 29.0. The number of aryl methyl sites for hydroxylation is 1. The van der Waals surface area contributed by atoms with Crippen molar-refractivity contribution in [3.05, 3.63) is 68.8 Å². The van der Waals surface area contributed by atoms with E-state index >= 15 is 0 Å². The number of fused-ring (bicyclic) bond motifs is 5. The number of methoxy groups -OCH3 is 1. The van der Waals surface area contributed by atoms with E-state index in [9.17, 15) is 60.0 Å². The van der Waals surface area contributed by atoms with Crippen molar-refractivity contribution in [2.75, 3.05) is 20.8 Å². The lowest BCUT2D eigenvalue weighted by molar-refractivity contribution is -0.339. The van der Waals surface area contributed by atoms with Gasteiger partial charge in [0.15, 0.2) is 24.1 Å². The Bertz CT molecular complexity index is 2300. The van der Waals surface area contributed by atoms with Gasteiger partial charge in [0, 0.05) is 28.3 Å². The SMILES string of the molecule is CN[C@@H]1[C@H](O[C@@H]2OC[C@@H](O)[C@H](O)[C@H]2O)[C@H](O)[C@H](O[C@H]2c3cc(C)c(C(=O)NC(C)C(=O)NO)c(O)c3-c3c(cc4c(c3O)C(=O)c3cc(OC)cc(O)c3C4=O)[C@@H]2O)O[C@@H]1C. The molecule has 2 aliphatic heterocycles. The molecule has 3 aromatic carbocycles. The molecular weight excluding hydrogens is 810 g/mol. The van der Waals surface area contributed by atoms with E-state index in [2.05, 4.69) is 10.6 Å². The number of likely N-dealkylation sites (N-methyl/N-ethyl adjacent to an activating group) is 1. The molecule has 4 aliphatic rings. The third kappa shape index (κ3) is 7.16. The van der Waals surface area contributed by atoms with Crippen LogP contribution < -0.4 is 20.9 Å². The predicted octanol–water partition coefficient (Wildman–Crippen LogP) is -1.19. The highest BCUT2D eigenvalue weighted by molar-refractivity contribution is 6.31. The number of hydroxylamine groups is 1. The number of aliphatic hydroxyl groups excluding tert-OH is 5. The lowest BCUT2D eigenvalue weighted by Crippen LogP contribution is -2.65. The molecule has 2 aliphatic carbocycles. The molecule has 12 atom stereocenters. The number of carbonyl (C=O) groups is 4. The summed E-state index contributed by atoms with van der Waals surface area (Å²) in [5, 5.41) is 104. The van der Waals surface area contributed by atoms with E-state index in [1.54, 1.807) is 6.92 Å². The van der Waals surface area contributed by atoms with Crippen LogP contribution in [0.3, 0.4) is 0 Å². The molecule has 0 bridgehead atoms. The lowest BCUT2D eigenvalue weighted by atomic mass is 9.74. The number of carbonyl (C=O) groups excluding carboxylic acids is 4. The third-order valence-corrected chi connectivity index (χ3v) is 11.6. The van der Waals surface area contributed by atoms with Crippen molar-refractivity contribution in [2.24, 2.45) is 0 Å². The molecule has 2 heterocycles. The summed E-state index contributed by atoms with van der Waals surface area (Å²) in [6, 6.07) is 2.54. The largest absolute Gasteiger partial charge is 0.507 e. The highest BCUT2D eigenvalue weighted by Crippen LogP contribution is 2.57. The van der Waals surface area contributed by atoms with Crippen LogP contribution in [0.5, 0.6) is 23.0 Å². The van der Waals surface area contributed by atoms with Crippen LogP contribution in [-0.4, -0.2) is 151 Å². The number of aromatic hydroxyl groups is 3. The highest BCUT2D eigenvalue weighted by Gasteiger charge is 2.51. The van der Waals surface area contributed by atoms with E-state index in [0.29, 0.717) is 0 Å². The maximum absolute atomic E-state index is 14.1. The summed E-state index contributed by atoms with van der Waals surface area (Å²) in [5.74, 6) is -6.22. The molecule has 0 radical (unpaired) electrons. The summed E-state index contributed by atoms with van der Waals surface area (Å²) in [4.78, 5) is 53.9. The number of ether oxygens (including phenoxy) is 5. The quantitative estimate of drug-likeness (QED) is 0.0695. The second-order valence-electron chi connectivity index (χ2n) is 15.3. The number of rotatable bonds is 9. The molecule has 2 amide bonds. The Kier molecular flexibility index (Phi) is 11.9. The van der Waals surface area contributed by atoms with Gasteiger partial charge < -0.3 is 75.2 Å². The van der Waals surface area contributed by atoms with Crippen molar-refractivity contribution >= 4 is 23.4 Å². The Balaban J connectivity index is 1.37. The number of ketones is 2. The van der Waals surface area contributed by atoms with Gasteiger partial charge >= 0.3 is 0 Å². The normalized spacial score (nSPS) is 29.7. The Hall–Kier alpha value is -5.30. The number of amides is 2. The molecule has 328 valence electrons. The van der Waals surface area contributed by atoms with Crippen LogP contribution in [-0.2, 0) is 23.7 Å². The van der Waals surface area contributed by atoms with Gasteiger partial charge in [-0.25, -0.2) is 5.48 Å². The van der Waals surface area contributed by atoms with Crippen LogP contribution in [0.1, 0.15) is 84.9 Å². The molecule has 7 rings (SSSR count). The molecule has 1 unspecified atom stereocenters. The van der Waals surface area contributed by atoms with Crippen molar-refractivity contribution in [3.63, 3.8) is 0 Å². The fourth-order valence-corrected chi connectivity index (χ4v) is 8.40. The second kappa shape index (κ2) is 16.5.